The van der Waals surface area contributed by atoms with Crippen LogP contribution in [-0.2, 0) is 4.79 Å². The number of aliphatic carboxylic acids is 1. The summed E-state index contributed by atoms with van der Waals surface area (Å²) in [7, 11) is 0. The number of rotatable bonds is 2. The van der Waals surface area contributed by atoms with Crippen LogP contribution >= 0.6 is 0 Å². The van der Waals surface area contributed by atoms with Gasteiger partial charge in [0.05, 0.1) is 0 Å². The Kier molecular flexibility index (Phi) is 5.01. The number of anilines is 1. The molecule has 5 heteroatoms. The summed E-state index contributed by atoms with van der Waals surface area (Å²) < 4.78 is 0. The summed E-state index contributed by atoms with van der Waals surface area (Å²) >= 11 is 0. The van der Waals surface area contributed by atoms with E-state index in [0.717, 1.165) is 26.2 Å². The highest BCUT2D eigenvalue weighted by atomic mass is 16.4. The molecule has 3 rings (SSSR count). The van der Waals surface area contributed by atoms with Crippen molar-refractivity contribution in [3.8, 4) is 0 Å². The maximum Gasteiger partial charge on any atom is 0.303 e. The van der Waals surface area contributed by atoms with E-state index in [1.54, 1.807) is 6.92 Å². The van der Waals surface area contributed by atoms with Gasteiger partial charge in [0.25, 0.3) is 0 Å². The Morgan fingerprint density at radius 1 is 1.30 bits per heavy atom. The van der Waals surface area contributed by atoms with Crippen LogP contribution in [0.4, 0.5) is 5.69 Å². The van der Waals surface area contributed by atoms with Crippen LogP contribution in [0.1, 0.15) is 13.3 Å². The number of nitrogens with zero attached hydrogens (tertiary/aromatic N) is 1. The second-order valence-corrected chi connectivity index (χ2v) is 4.73. The molecule has 0 unspecified atom stereocenters. The first-order chi connectivity index (χ1) is 9.70. The van der Waals surface area contributed by atoms with Gasteiger partial charge in [-0.15, -0.1) is 0 Å². The van der Waals surface area contributed by atoms with E-state index < -0.39 is 5.97 Å². The first kappa shape index (κ1) is 14.4. The van der Waals surface area contributed by atoms with Gasteiger partial charge in [-0.1, -0.05) is 13.0 Å². The van der Waals surface area contributed by atoms with Crippen molar-refractivity contribution in [3.05, 3.63) is 30.5 Å². The quantitative estimate of drug-likeness (QED) is 0.784. The van der Waals surface area contributed by atoms with Crippen molar-refractivity contribution in [3.63, 3.8) is 0 Å². The molecule has 1 aromatic heterocycles. The van der Waals surface area contributed by atoms with Crippen molar-refractivity contribution in [2.45, 2.75) is 13.3 Å². The van der Waals surface area contributed by atoms with E-state index in [0.29, 0.717) is 0 Å². The average molecular weight is 275 g/mol. The van der Waals surface area contributed by atoms with Gasteiger partial charge in [-0.2, -0.15) is 0 Å². The van der Waals surface area contributed by atoms with Crippen LogP contribution in [0.25, 0.3) is 10.9 Å². The molecule has 108 valence electrons. The lowest BCUT2D eigenvalue weighted by Crippen LogP contribution is -2.43. The molecule has 0 radical (unpaired) electrons. The van der Waals surface area contributed by atoms with Crippen LogP contribution in [-0.4, -0.2) is 42.2 Å². The largest absolute Gasteiger partial charge is 0.481 e. The number of benzene rings is 1. The van der Waals surface area contributed by atoms with Crippen molar-refractivity contribution >= 4 is 22.6 Å². The maximum absolute atomic E-state index is 9.37. The minimum Gasteiger partial charge on any atom is -0.481 e. The van der Waals surface area contributed by atoms with Gasteiger partial charge in [-0.25, -0.2) is 0 Å². The van der Waals surface area contributed by atoms with Crippen LogP contribution in [0.15, 0.2) is 30.5 Å². The lowest BCUT2D eigenvalue weighted by atomic mass is 10.2. The van der Waals surface area contributed by atoms with Crippen LogP contribution in [0.5, 0.6) is 0 Å². The van der Waals surface area contributed by atoms with Gasteiger partial charge < -0.3 is 20.3 Å². The molecule has 2 heterocycles. The molecule has 0 amide bonds. The van der Waals surface area contributed by atoms with Gasteiger partial charge in [-0.3, -0.25) is 4.79 Å². The monoisotopic (exact) mass is 275 g/mol. The molecule has 0 aliphatic carbocycles. The molecule has 0 saturated carbocycles. The topological polar surface area (TPSA) is 68.4 Å². The first-order valence-electron chi connectivity index (χ1n) is 6.95. The van der Waals surface area contributed by atoms with Gasteiger partial charge in [0, 0.05) is 50.0 Å². The SMILES string of the molecule is CCC(=O)O.c1cc2ccc(N3CCNCC3)cc2[nH]1. The highest BCUT2D eigenvalue weighted by molar-refractivity contribution is 5.83. The Morgan fingerprint density at radius 3 is 2.65 bits per heavy atom. The van der Waals surface area contributed by atoms with E-state index in [2.05, 4.69) is 39.5 Å². The smallest absolute Gasteiger partial charge is 0.303 e. The van der Waals surface area contributed by atoms with Crippen molar-refractivity contribution in [1.29, 1.82) is 0 Å². The summed E-state index contributed by atoms with van der Waals surface area (Å²) in [5.41, 5.74) is 2.55. The molecule has 0 atom stereocenters. The molecule has 0 spiro atoms. The van der Waals surface area contributed by atoms with Gasteiger partial charge in [0.15, 0.2) is 0 Å². The lowest BCUT2D eigenvalue weighted by Gasteiger charge is -2.29. The number of hydrogen-bond acceptors (Lipinski definition) is 3. The molecule has 1 aliphatic rings. The zero-order valence-electron chi connectivity index (χ0n) is 11.7. The molecule has 1 aliphatic heterocycles. The van der Waals surface area contributed by atoms with E-state index in [1.165, 1.54) is 16.6 Å². The highest BCUT2D eigenvalue weighted by Crippen LogP contribution is 2.21. The minimum atomic E-state index is -0.745. The predicted molar refractivity (Wildman–Crippen MR) is 81.3 cm³/mol. The molecular weight excluding hydrogens is 254 g/mol. The number of fused-ring (bicyclic) bond motifs is 1. The maximum atomic E-state index is 9.37. The van der Waals surface area contributed by atoms with Crippen LogP contribution in [0.2, 0.25) is 0 Å². The summed E-state index contributed by atoms with van der Waals surface area (Å²) in [4.78, 5) is 15.1. The number of aromatic amines is 1. The van der Waals surface area contributed by atoms with E-state index in [4.69, 9.17) is 5.11 Å². The summed E-state index contributed by atoms with van der Waals surface area (Å²) in [5, 5.41) is 12.4. The Bertz CT molecular complexity index is 559. The highest BCUT2D eigenvalue weighted by Gasteiger charge is 2.10. The second-order valence-electron chi connectivity index (χ2n) is 4.73. The van der Waals surface area contributed by atoms with Crippen molar-refractivity contribution in [1.82, 2.24) is 10.3 Å². The lowest BCUT2D eigenvalue weighted by molar-refractivity contribution is -0.136. The minimum absolute atomic E-state index is 0.222. The van der Waals surface area contributed by atoms with E-state index in [9.17, 15) is 4.79 Å². The van der Waals surface area contributed by atoms with E-state index in [-0.39, 0.29) is 6.42 Å². The fourth-order valence-electron chi connectivity index (χ4n) is 2.16. The van der Waals surface area contributed by atoms with E-state index >= 15 is 0 Å². The molecule has 1 saturated heterocycles. The zero-order chi connectivity index (χ0) is 14.4. The van der Waals surface area contributed by atoms with Gasteiger partial charge in [0.2, 0.25) is 0 Å². The summed E-state index contributed by atoms with van der Waals surface area (Å²) in [6.45, 7) is 5.98. The van der Waals surface area contributed by atoms with Gasteiger partial charge >= 0.3 is 5.97 Å². The standard InChI is InChI=1S/C12H15N3.C3H6O2/c1-2-11(15-7-5-13-6-8-15)9-12-10(1)3-4-14-12;1-2-3(4)5/h1-4,9,13-14H,5-8H2;2H2,1H3,(H,4,5). The Morgan fingerprint density at radius 2 is 2.00 bits per heavy atom. The Balaban J connectivity index is 0.000000257. The number of aromatic nitrogens is 1. The Hall–Kier alpha value is -2.01. The number of hydrogen-bond donors (Lipinski definition) is 3. The zero-order valence-corrected chi connectivity index (χ0v) is 11.7. The summed E-state index contributed by atoms with van der Waals surface area (Å²) in [6.07, 6.45) is 2.21. The third-order valence-electron chi connectivity index (χ3n) is 3.32. The molecule has 1 fully saturated rings. The van der Waals surface area contributed by atoms with E-state index in [1.807, 2.05) is 6.20 Å². The fourth-order valence-corrected chi connectivity index (χ4v) is 2.16. The van der Waals surface area contributed by atoms with Gasteiger partial charge in [0.1, 0.15) is 0 Å². The third-order valence-corrected chi connectivity index (χ3v) is 3.32. The average Bonchev–Trinajstić information content (AvgIpc) is 2.96. The van der Waals surface area contributed by atoms with Crippen molar-refractivity contribution < 1.29 is 9.90 Å². The molecule has 2 aromatic rings. The second kappa shape index (κ2) is 6.96. The van der Waals surface area contributed by atoms with Crippen LogP contribution < -0.4 is 10.2 Å². The number of carbonyl (C=O) groups is 1. The molecule has 5 nitrogen and oxygen atoms in total. The molecule has 3 N–H and O–H groups in total. The fraction of sp³-hybridized carbons (Fsp3) is 0.400. The first-order valence-corrected chi connectivity index (χ1v) is 6.95. The number of piperazine rings is 1. The summed E-state index contributed by atoms with van der Waals surface area (Å²) in [6, 6.07) is 8.74. The number of H-pyrrole nitrogens is 1. The van der Waals surface area contributed by atoms with Crippen molar-refractivity contribution in [2.75, 3.05) is 31.1 Å². The molecule has 1 aromatic carbocycles. The predicted octanol–water partition coefficient (Wildman–Crippen LogP) is 2.06. The molecule has 20 heavy (non-hydrogen) atoms. The molecular formula is C15H21N3O2. The Labute approximate surface area is 118 Å². The molecule has 0 bridgehead atoms. The third kappa shape index (κ3) is 3.74. The van der Waals surface area contributed by atoms with Crippen LogP contribution in [0.3, 0.4) is 0 Å². The normalized spacial score (nSPS) is 14.8. The number of nitrogens with one attached hydrogen (secondary N) is 2. The van der Waals surface area contributed by atoms with Gasteiger partial charge in [-0.05, 0) is 23.6 Å². The summed E-state index contributed by atoms with van der Waals surface area (Å²) in [5.74, 6) is -0.745. The number of carboxylic acids is 1. The number of carboxylic acid groups (broad SMARTS) is 1. The van der Waals surface area contributed by atoms with Crippen LogP contribution in [0, 0.1) is 0 Å². The van der Waals surface area contributed by atoms with Crippen molar-refractivity contribution in [2.24, 2.45) is 0 Å².